The lowest BCUT2D eigenvalue weighted by molar-refractivity contribution is -1.09. The minimum atomic E-state index is -0.501. The number of aliphatic hydroxyl groups excluding tert-OH is 2. The summed E-state index contributed by atoms with van der Waals surface area (Å²) in [4.78, 5) is 16.6. The average molecular weight is 218 g/mol. The lowest BCUT2D eigenvalue weighted by Gasteiger charge is -2.32. The molecule has 0 saturated carbocycles. The highest BCUT2D eigenvalue weighted by Gasteiger charge is 2.30. The first kappa shape index (κ1) is 14.1. The molecule has 0 saturated heterocycles. The number of nitrogens with zero attached hydrogens (tertiary/aromatic N) is 1. The first-order chi connectivity index (χ1) is 7.01. The van der Waals surface area contributed by atoms with Crippen LogP contribution in [0.15, 0.2) is 12.2 Å². The number of likely N-dealkylation sites (N-methyl/N-ethyl adjacent to an activating group) is 1. The number of aliphatic hydroxyl groups is 2. The summed E-state index contributed by atoms with van der Waals surface area (Å²) in [7, 11) is 0. The summed E-state index contributed by atoms with van der Waals surface area (Å²) in [5, 5.41) is 17.8. The number of carbonyl (C=O) groups is 1. The molecule has 0 aliphatic carbocycles. The quantitative estimate of drug-likeness (QED) is 0.354. The second-order valence-corrected chi connectivity index (χ2v) is 3.43. The first-order valence-corrected chi connectivity index (χ1v) is 4.98. The van der Waals surface area contributed by atoms with E-state index in [9.17, 15) is 4.79 Å². The van der Waals surface area contributed by atoms with Crippen LogP contribution in [0, 0.1) is 0 Å². The van der Waals surface area contributed by atoms with Gasteiger partial charge in [0, 0.05) is 5.57 Å². The smallest absolute Gasteiger partial charge is 0.390 e. The SMILES string of the molecule is C=C(C)C(=O)O[N+](CC)(CCO)CCO. The van der Waals surface area contributed by atoms with Crippen LogP contribution in [0.3, 0.4) is 0 Å². The number of rotatable bonds is 7. The lowest BCUT2D eigenvalue weighted by atomic mass is 10.4. The highest BCUT2D eigenvalue weighted by atomic mass is 16.7. The molecule has 0 aromatic rings. The molecule has 0 fully saturated rings. The van der Waals surface area contributed by atoms with Gasteiger partial charge in [-0.1, -0.05) is 6.58 Å². The molecular formula is C10H20NO4+. The Bertz CT molecular complexity index is 221. The Morgan fingerprint density at radius 3 is 2.07 bits per heavy atom. The van der Waals surface area contributed by atoms with Crippen LogP contribution in [0.4, 0.5) is 0 Å². The third-order valence-corrected chi connectivity index (χ3v) is 2.22. The number of hydrogen-bond acceptors (Lipinski definition) is 4. The van der Waals surface area contributed by atoms with Crippen LogP contribution in [0.5, 0.6) is 0 Å². The first-order valence-electron chi connectivity index (χ1n) is 4.98. The van der Waals surface area contributed by atoms with Crippen molar-refractivity contribution in [2.45, 2.75) is 13.8 Å². The predicted molar refractivity (Wildman–Crippen MR) is 55.6 cm³/mol. The fourth-order valence-electron chi connectivity index (χ4n) is 1.20. The molecule has 0 rings (SSSR count). The van der Waals surface area contributed by atoms with Gasteiger partial charge < -0.3 is 10.2 Å². The zero-order valence-corrected chi connectivity index (χ0v) is 9.40. The maximum Gasteiger partial charge on any atom is 0.392 e. The highest BCUT2D eigenvalue weighted by Crippen LogP contribution is 2.10. The molecule has 0 aromatic heterocycles. The predicted octanol–water partition coefficient (Wildman–Crippen LogP) is -0.158. The standard InChI is InChI=1S/C10H20NO4/c1-4-11(5-7-12,6-8-13)15-10(14)9(2)3/h12-13H,2,4-8H2,1,3H3/q+1. The fraction of sp³-hybridized carbons (Fsp3) is 0.700. The van der Waals surface area contributed by atoms with Crippen LogP contribution in [0.1, 0.15) is 13.8 Å². The second-order valence-electron chi connectivity index (χ2n) is 3.43. The van der Waals surface area contributed by atoms with Crippen molar-refractivity contribution in [2.75, 3.05) is 32.8 Å². The molecule has 0 unspecified atom stereocenters. The molecule has 0 atom stereocenters. The number of hydroxylamine groups is 3. The molecule has 0 bridgehead atoms. The van der Waals surface area contributed by atoms with Crippen LogP contribution in [-0.4, -0.2) is 53.7 Å². The molecule has 5 heteroatoms. The van der Waals surface area contributed by atoms with E-state index in [0.717, 1.165) is 0 Å². The van der Waals surface area contributed by atoms with Gasteiger partial charge in [-0.3, -0.25) is 4.84 Å². The van der Waals surface area contributed by atoms with Crippen LogP contribution in [0.2, 0.25) is 0 Å². The average Bonchev–Trinajstić information content (AvgIpc) is 2.18. The van der Waals surface area contributed by atoms with Gasteiger partial charge in [0.25, 0.3) is 0 Å². The van der Waals surface area contributed by atoms with Crippen molar-refractivity contribution in [1.82, 2.24) is 0 Å². The molecule has 88 valence electrons. The third-order valence-electron chi connectivity index (χ3n) is 2.22. The topological polar surface area (TPSA) is 66.8 Å². The maximum absolute atomic E-state index is 11.4. The minimum Gasteiger partial charge on any atom is -0.390 e. The molecular weight excluding hydrogens is 198 g/mol. The second kappa shape index (κ2) is 6.55. The third kappa shape index (κ3) is 4.42. The lowest BCUT2D eigenvalue weighted by Crippen LogP contribution is -2.52. The summed E-state index contributed by atoms with van der Waals surface area (Å²) in [6, 6.07) is 0. The van der Waals surface area contributed by atoms with E-state index in [4.69, 9.17) is 15.1 Å². The van der Waals surface area contributed by atoms with E-state index in [1.54, 1.807) is 6.92 Å². The Labute approximate surface area is 90.1 Å². The van der Waals surface area contributed by atoms with Crippen molar-refractivity contribution in [3.63, 3.8) is 0 Å². The maximum atomic E-state index is 11.4. The minimum absolute atomic E-state index is 0.0707. The van der Waals surface area contributed by atoms with E-state index in [1.807, 2.05) is 6.92 Å². The van der Waals surface area contributed by atoms with E-state index in [1.165, 1.54) is 0 Å². The van der Waals surface area contributed by atoms with Crippen LogP contribution < -0.4 is 0 Å². The summed E-state index contributed by atoms with van der Waals surface area (Å²) >= 11 is 0. The monoisotopic (exact) mass is 218 g/mol. The number of quaternary nitrogens is 1. The zero-order chi connectivity index (χ0) is 11.9. The highest BCUT2D eigenvalue weighted by molar-refractivity contribution is 5.86. The van der Waals surface area contributed by atoms with E-state index in [2.05, 4.69) is 6.58 Å². The molecule has 0 aliphatic rings. The van der Waals surface area contributed by atoms with Crippen LogP contribution >= 0.6 is 0 Å². The molecule has 0 heterocycles. The molecule has 2 N–H and O–H groups in total. The van der Waals surface area contributed by atoms with Gasteiger partial charge in [-0.2, -0.15) is 0 Å². The number of hydrogen-bond donors (Lipinski definition) is 2. The fourth-order valence-corrected chi connectivity index (χ4v) is 1.20. The number of carbonyl (C=O) groups excluding carboxylic acids is 1. The van der Waals surface area contributed by atoms with Gasteiger partial charge in [0.05, 0.1) is 13.2 Å². The van der Waals surface area contributed by atoms with Crippen LogP contribution in [0.25, 0.3) is 0 Å². The van der Waals surface area contributed by atoms with Crippen molar-refractivity contribution in [2.24, 2.45) is 0 Å². The van der Waals surface area contributed by atoms with Crippen molar-refractivity contribution < 1.29 is 24.5 Å². The Morgan fingerprint density at radius 1 is 1.33 bits per heavy atom. The Morgan fingerprint density at radius 2 is 1.80 bits per heavy atom. The Kier molecular flexibility index (Phi) is 6.15. The molecule has 0 aliphatic heterocycles. The molecule has 0 aromatic carbocycles. The van der Waals surface area contributed by atoms with E-state index < -0.39 is 5.97 Å². The molecule has 0 spiro atoms. The van der Waals surface area contributed by atoms with E-state index in [0.29, 0.717) is 12.1 Å². The van der Waals surface area contributed by atoms with Gasteiger partial charge in [-0.15, -0.1) is 4.65 Å². The normalized spacial score (nSPS) is 11.2. The van der Waals surface area contributed by atoms with Crippen molar-refractivity contribution in [1.29, 1.82) is 0 Å². The van der Waals surface area contributed by atoms with Crippen molar-refractivity contribution >= 4 is 5.97 Å². The zero-order valence-electron chi connectivity index (χ0n) is 9.40. The van der Waals surface area contributed by atoms with Crippen LogP contribution in [-0.2, 0) is 9.63 Å². The molecule has 5 nitrogen and oxygen atoms in total. The summed E-state index contributed by atoms with van der Waals surface area (Å²) in [5.41, 5.74) is 0.307. The van der Waals surface area contributed by atoms with Crippen molar-refractivity contribution in [3.8, 4) is 0 Å². The summed E-state index contributed by atoms with van der Waals surface area (Å²) in [6.07, 6.45) is 0. The Hall–Kier alpha value is -0.910. The van der Waals surface area contributed by atoms with Gasteiger partial charge in [0.2, 0.25) is 0 Å². The summed E-state index contributed by atoms with van der Waals surface area (Å²) < 4.78 is -0.0707. The van der Waals surface area contributed by atoms with Gasteiger partial charge in [0.1, 0.15) is 19.6 Å². The molecule has 0 amide bonds. The Balaban J connectivity index is 4.59. The van der Waals surface area contributed by atoms with E-state index >= 15 is 0 Å². The molecule has 0 radical (unpaired) electrons. The largest absolute Gasteiger partial charge is 0.392 e. The molecule has 15 heavy (non-hydrogen) atoms. The van der Waals surface area contributed by atoms with Gasteiger partial charge in [-0.05, 0) is 13.8 Å². The van der Waals surface area contributed by atoms with Gasteiger partial charge >= 0.3 is 5.97 Å². The van der Waals surface area contributed by atoms with E-state index in [-0.39, 0.29) is 30.9 Å². The summed E-state index contributed by atoms with van der Waals surface area (Å²) in [5.74, 6) is -0.501. The van der Waals surface area contributed by atoms with Gasteiger partial charge in [-0.25, -0.2) is 4.79 Å². The summed E-state index contributed by atoms with van der Waals surface area (Å²) in [6.45, 7) is 7.72. The van der Waals surface area contributed by atoms with Gasteiger partial charge in [0.15, 0.2) is 0 Å². The van der Waals surface area contributed by atoms with Crippen molar-refractivity contribution in [3.05, 3.63) is 12.2 Å².